The summed E-state index contributed by atoms with van der Waals surface area (Å²) in [5.74, 6) is 0. The van der Waals surface area contributed by atoms with Gasteiger partial charge in [0.25, 0.3) is 0 Å². The zero-order chi connectivity index (χ0) is 14.2. The number of rotatable bonds is 3. The smallest absolute Gasteiger partial charge is 0.0756 e. The van der Waals surface area contributed by atoms with Crippen LogP contribution in [0.25, 0.3) is 10.9 Å². The molecule has 19 heavy (non-hydrogen) atoms. The molecule has 0 atom stereocenters. The average molecular weight is 278 g/mol. The summed E-state index contributed by atoms with van der Waals surface area (Å²) in [7, 11) is 4.09. The minimum atomic E-state index is 0.619. The first-order valence-corrected chi connectivity index (χ1v) is 6.80. The van der Waals surface area contributed by atoms with Gasteiger partial charge in [-0.2, -0.15) is 0 Å². The van der Waals surface area contributed by atoms with Gasteiger partial charge in [-0.05, 0) is 50.1 Å². The zero-order valence-electron chi connectivity index (χ0n) is 11.9. The topological polar surface area (TPSA) is 42.2 Å². The highest BCUT2D eigenvalue weighted by Crippen LogP contribution is 2.34. The van der Waals surface area contributed by atoms with Gasteiger partial charge in [0, 0.05) is 30.2 Å². The van der Waals surface area contributed by atoms with Crippen molar-refractivity contribution in [2.45, 2.75) is 20.3 Å². The minimum absolute atomic E-state index is 0.619. The highest BCUT2D eigenvalue weighted by atomic mass is 35.5. The maximum Gasteiger partial charge on any atom is 0.0756 e. The van der Waals surface area contributed by atoms with Gasteiger partial charge < -0.3 is 10.6 Å². The van der Waals surface area contributed by atoms with Crippen LogP contribution in [0.15, 0.2) is 12.1 Å². The van der Waals surface area contributed by atoms with Crippen molar-refractivity contribution in [2.75, 3.05) is 25.5 Å². The highest BCUT2D eigenvalue weighted by Gasteiger charge is 2.15. The van der Waals surface area contributed by atoms with E-state index in [-0.39, 0.29) is 0 Å². The molecule has 1 aromatic carbocycles. The minimum Gasteiger partial charge on any atom is -0.377 e. The highest BCUT2D eigenvalue weighted by molar-refractivity contribution is 6.31. The van der Waals surface area contributed by atoms with E-state index in [0.717, 1.165) is 33.6 Å². The molecule has 1 aromatic heterocycles. The van der Waals surface area contributed by atoms with Crippen LogP contribution in [0.4, 0.5) is 5.69 Å². The summed E-state index contributed by atoms with van der Waals surface area (Å²) in [4.78, 5) is 6.86. The summed E-state index contributed by atoms with van der Waals surface area (Å²) in [6, 6.07) is 3.95. The van der Waals surface area contributed by atoms with E-state index in [0.29, 0.717) is 6.54 Å². The lowest BCUT2D eigenvalue weighted by Crippen LogP contribution is -2.16. The third-order valence-electron chi connectivity index (χ3n) is 3.36. The van der Waals surface area contributed by atoms with Crippen LogP contribution in [0.3, 0.4) is 0 Å². The molecule has 0 fully saturated rings. The molecule has 0 spiro atoms. The Morgan fingerprint density at radius 3 is 2.53 bits per heavy atom. The molecule has 2 N–H and O–H groups in total. The molecule has 0 unspecified atom stereocenters. The van der Waals surface area contributed by atoms with Crippen LogP contribution >= 0.6 is 11.6 Å². The maximum absolute atomic E-state index is 6.20. The van der Waals surface area contributed by atoms with E-state index in [4.69, 9.17) is 22.3 Å². The van der Waals surface area contributed by atoms with Gasteiger partial charge in [0.2, 0.25) is 0 Å². The van der Waals surface area contributed by atoms with Crippen LogP contribution in [-0.2, 0) is 6.42 Å². The van der Waals surface area contributed by atoms with Crippen LogP contribution in [0, 0.1) is 13.8 Å². The number of aromatic nitrogens is 1. The number of aryl methyl sites for hydroxylation is 2. The van der Waals surface area contributed by atoms with E-state index in [2.05, 4.69) is 4.90 Å². The van der Waals surface area contributed by atoms with Crippen molar-refractivity contribution in [2.24, 2.45) is 5.73 Å². The van der Waals surface area contributed by atoms with E-state index in [9.17, 15) is 0 Å². The van der Waals surface area contributed by atoms with E-state index < -0.39 is 0 Å². The first-order chi connectivity index (χ1) is 8.95. The number of benzene rings is 1. The average Bonchev–Trinajstić information content (AvgIpc) is 2.31. The number of hydrogen-bond acceptors (Lipinski definition) is 3. The van der Waals surface area contributed by atoms with Crippen LogP contribution in [0.2, 0.25) is 5.02 Å². The Kier molecular flexibility index (Phi) is 3.97. The van der Waals surface area contributed by atoms with Gasteiger partial charge in [-0.1, -0.05) is 11.6 Å². The number of nitrogens with two attached hydrogens (primary N) is 1. The SMILES string of the molecule is Cc1nc2c(C)cc(Cl)cc2c(N(C)C)c1CCN. The molecule has 0 saturated carbocycles. The molecule has 0 radical (unpaired) electrons. The molecule has 2 rings (SSSR count). The van der Waals surface area contributed by atoms with Crippen LogP contribution in [0.1, 0.15) is 16.8 Å². The lowest BCUT2D eigenvalue weighted by atomic mass is 10.0. The molecule has 4 heteroatoms. The quantitative estimate of drug-likeness (QED) is 0.937. The number of hydrogen-bond donors (Lipinski definition) is 1. The molecule has 0 amide bonds. The molecule has 0 bridgehead atoms. The van der Waals surface area contributed by atoms with Crippen molar-refractivity contribution in [3.8, 4) is 0 Å². The number of nitrogens with zero attached hydrogens (tertiary/aromatic N) is 2. The maximum atomic E-state index is 6.20. The number of fused-ring (bicyclic) bond motifs is 1. The Labute approximate surface area is 119 Å². The van der Waals surface area contributed by atoms with Crippen LogP contribution < -0.4 is 10.6 Å². The van der Waals surface area contributed by atoms with Crippen molar-refractivity contribution in [1.82, 2.24) is 4.98 Å². The summed E-state index contributed by atoms with van der Waals surface area (Å²) >= 11 is 6.20. The third-order valence-corrected chi connectivity index (χ3v) is 3.58. The first-order valence-electron chi connectivity index (χ1n) is 6.42. The Hall–Kier alpha value is -1.32. The fraction of sp³-hybridized carbons (Fsp3) is 0.400. The summed E-state index contributed by atoms with van der Waals surface area (Å²) in [5.41, 5.74) is 11.3. The van der Waals surface area contributed by atoms with Crippen LogP contribution in [-0.4, -0.2) is 25.6 Å². The van der Waals surface area contributed by atoms with E-state index >= 15 is 0 Å². The molecule has 2 aromatic rings. The van der Waals surface area contributed by atoms with Crippen molar-refractivity contribution in [1.29, 1.82) is 0 Å². The van der Waals surface area contributed by atoms with Gasteiger partial charge in [-0.25, -0.2) is 0 Å². The molecular weight excluding hydrogens is 258 g/mol. The van der Waals surface area contributed by atoms with Gasteiger partial charge in [-0.3, -0.25) is 4.98 Å². The predicted octanol–water partition coefficient (Wildman–Crippen LogP) is 3.07. The molecule has 0 aliphatic rings. The van der Waals surface area contributed by atoms with Gasteiger partial charge in [0.05, 0.1) is 11.2 Å². The number of anilines is 1. The summed E-state index contributed by atoms with van der Waals surface area (Å²) < 4.78 is 0. The van der Waals surface area contributed by atoms with E-state index in [1.165, 1.54) is 11.3 Å². The first kappa shape index (κ1) is 14.1. The zero-order valence-corrected chi connectivity index (χ0v) is 12.7. The molecule has 102 valence electrons. The van der Waals surface area contributed by atoms with Crippen molar-refractivity contribution in [3.05, 3.63) is 34.0 Å². The lowest BCUT2D eigenvalue weighted by molar-refractivity contribution is 0.933. The van der Waals surface area contributed by atoms with E-state index in [1.54, 1.807) is 0 Å². The van der Waals surface area contributed by atoms with E-state index in [1.807, 2.05) is 40.1 Å². The standard InChI is InChI=1S/C15H20ClN3/c1-9-7-11(16)8-13-14(9)18-10(2)12(5-6-17)15(13)19(3)4/h7-8H,5-6,17H2,1-4H3. The lowest BCUT2D eigenvalue weighted by Gasteiger charge is -2.22. The second-order valence-electron chi connectivity index (χ2n) is 5.08. The molecular formula is C15H20ClN3. The number of halogens is 1. The van der Waals surface area contributed by atoms with Crippen molar-refractivity contribution < 1.29 is 0 Å². The van der Waals surface area contributed by atoms with Crippen molar-refractivity contribution in [3.63, 3.8) is 0 Å². The monoisotopic (exact) mass is 277 g/mol. The second kappa shape index (κ2) is 5.35. The Morgan fingerprint density at radius 1 is 1.26 bits per heavy atom. The van der Waals surface area contributed by atoms with Gasteiger partial charge >= 0.3 is 0 Å². The van der Waals surface area contributed by atoms with Crippen molar-refractivity contribution >= 4 is 28.2 Å². The normalized spacial score (nSPS) is 11.1. The molecule has 0 aliphatic carbocycles. The second-order valence-corrected chi connectivity index (χ2v) is 5.51. The number of pyridine rings is 1. The Balaban J connectivity index is 2.89. The van der Waals surface area contributed by atoms with Gasteiger partial charge in [-0.15, -0.1) is 0 Å². The Bertz CT molecular complexity index is 621. The molecule has 0 saturated heterocycles. The van der Waals surface area contributed by atoms with Gasteiger partial charge in [0.1, 0.15) is 0 Å². The van der Waals surface area contributed by atoms with Gasteiger partial charge in [0.15, 0.2) is 0 Å². The summed E-state index contributed by atoms with van der Waals surface area (Å²) in [5, 5.41) is 1.85. The summed E-state index contributed by atoms with van der Waals surface area (Å²) in [6.07, 6.45) is 0.827. The fourth-order valence-corrected chi connectivity index (χ4v) is 2.86. The largest absolute Gasteiger partial charge is 0.377 e. The summed E-state index contributed by atoms with van der Waals surface area (Å²) in [6.45, 7) is 4.71. The molecule has 0 aliphatic heterocycles. The molecule has 1 heterocycles. The fourth-order valence-electron chi connectivity index (χ4n) is 2.59. The molecule has 3 nitrogen and oxygen atoms in total. The third kappa shape index (κ3) is 2.53. The predicted molar refractivity (Wildman–Crippen MR) is 83.3 cm³/mol. The Morgan fingerprint density at radius 2 is 1.95 bits per heavy atom. The van der Waals surface area contributed by atoms with Crippen LogP contribution in [0.5, 0.6) is 0 Å².